The minimum absolute atomic E-state index is 0.0889. The smallest absolute Gasteiger partial charge is 0.322 e. The van der Waals surface area contributed by atoms with Crippen molar-refractivity contribution in [1.29, 1.82) is 0 Å². The molecule has 0 aromatic heterocycles. The van der Waals surface area contributed by atoms with Crippen molar-refractivity contribution in [2.24, 2.45) is 0 Å². The van der Waals surface area contributed by atoms with E-state index in [9.17, 15) is 4.79 Å². The number of nitrogens with zero attached hydrogens (tertiary/aromatic N) is 1. The lowest BCUT2D eigenvalue weighted by Gasteiger charge is -2.27. The summed E-state index contributed by atoms with van der Waals surface area (Å²) in [5.74, 6) is 0.777. The van der Waals surface area contributed by atoms with Gasteiger partial charge in [-0.05, 0) is 25.5 Å². The molecule has 1 saturated heterocycles. The van der Waals surface area contributed by atoms with E-state index in [1.54, 1.807) is 4.90 Å². The highest BCUT2D eigenvalue weighted by Gasteiger charge is 2.16. The maximum atomic E-state index is 12.1. The summed E-state index contributed by atoms with van der Waals surface area (Å²) in [4.78, 5) is 13.8. The van der Waals surface area contributed by atoms with Crippen LogP contribution in [0.1, 0.15) is 20.3 Å². The Bertz CT molecular complexity index is 444. The topological polar surface area (TPSA) is 50.8 Å². The molecule has 5 heteroatoms. The van der Waals surface area contributed by atoms with Gasteiger partial charge in [-0.25, -0.2) is 4.79 Å². The number of hydrogen-bond donors (Lipinski definition) is 1. The molecule has 1 fully saturated rings. The summed E-state index contributed by atoms with van der Waals surface area (Å²) >= 11 is 0. The number of carbonyl (C=O) groups is 1. The van der Waals surface area contributed by atoms with Gasteiger partial charge >= 0.3 is 6.03 Å². The van der Waals surface area contributed by atoms with Gasteiger partial charge in [0.25, 0.3) is 0 Å². The van der Waals surface area contributed by atoms with Crippen molar-refractivity contribution in [1.82, 2.24) is 4.90 Å². The van der Waals surface area contributed by atoms with Crippen molar-refractivity contribution in [2.75, 3.05) is 31.6 Å². The maximum Gasteiger partial charge on any atom is 0.322 e. The third-order valence-electron chi connectivity index (χ3n) is 3.30. The number of ether oxygens (including phenoxy) is 2. The molecule has 1 aliphatic heterocycles. The minimum Gasteiger partial charge on any atom is -0.491 e. The lowest BCUT2D eigenvalue weighted by atomic mass is 10.2. The Morgan fingerprint density at radius 1 is 1.45 bits per heavy atom. The Morgan fingerprint density at radius 2 is 2.20 bits per heavy atom. The van der Waals surface area contributed by atoms with E-state index in [2.05, 4.69) is 12.2 Å². The number of benzene rings is 1. The van der Waals surface area contributed by atoms with Crippen molar-refractivity contribution in [3.63, 3.8) is 0 Å². The molecule has 1 aromatic carbocycles. The van der Waals surface area contributed by atoms with Crippen molar-refractivity contribution in [2.45, 2.75) is 26.4 Å². The summed E-state index contributed by atoms with van der Waals surface area (Å²) in [6, 6.07) is 7.41. The second-order valence-corrected chi connectivity index (χ2v) is 4.89. The molecular formula is C15H22N2O3. The van der Waals surface area contributed by atoms with Crippen LogP contribution in [0.2, 0.25) is 0 Å². The number of rotatable bonds is 4. The molecule has 0 saturated carbocycles. The van der Waals surface area contributed by atoms with E-state index in [-0.39, 0.29) is 12.1 Å². The van der Waals surface area contributed by atoms with E-state index in [1.165, 1.54) is 0 Å². The first-order valence-electron chi connectivity index (χ1n) is 7.09. The highest BCUT2D eigenvalue weighted by molar-refractivity contribution is 5.89. The van der Waals surface area contributed by atoms with E-state index in [0.717, 1.165) is 17.9 Å². The fraction of sp³-hybridized carbons (Fsp3) is 0.533. The van der Waals surface area contributed by atoms with E-state index >= 15 is 0 Å². The van der Waals surface area contributed by atoms with Crippen LogP contribution in [0, 0.1) is 0 Å². The van der Waals surface area contributed by atoms with Gasteiger partial charge in [0, 0.05) is 24.8 Å². The van der Waals surface area contributed by atoms with Gasteiger partial charge in [0.05, 0.1) is 19.3 Å². The quantitative estimate of drug-likeness (QED) is 0.921. The number of carbonyl (C=O) groups excluding carboxylic acids is 1. The first-order chi connectivity index (χ1) is 9.69. The van der Waals surface area contributed by atoms with Gasteiger partial charge in [-0.3, -0.25) is 0 Å². The van der Waals surface area contributed by atoms with Crippen LogP contribution in [-0.4, -0.2) is 43.3 Å². The van der Waals surface area contributed by atoms with Gasteiger partial charge in [0.1, 0.15) is 5.75 Å². The Labute approximate surface area is 119 Å². The summed E-state index contributed by atoms with van der Waals surface area (Å²) < 4.78 is 11.0. The molecule has 1 heterocycles. The molecule has 0 radical (unpaired) electrons. The fourth-order valence-corrected chi connectivity index (χ4v) is 1.93. The third-order valence-corrected chi connectivity index (χ3v) is 3.30. The Balaban J connectivity index is 1.94. The van der Waals surface area contributed by atoms with Gasteiger partial charge in [0.2, 0.25) is 0 Å². The van der Waals surface area contributed by atoms with Crippen LogP contribution >= 0.6 is 0 Å². The molecule has 1 aromatic rings. The molecule has 1 atom stereocenters. The molecule has 1 N–H and O–H groups in total. The molecule has 110 valence electrons. The Morgan fingerprint density at radius 3 is 2.90 bits per heavy atom. The van der Waals surface area contributed by atoms with E-state index in [1.807, 2.05) is 31.2 Å². The van der Waals surface area contributed by atoms with Gasteiger partial charge in [-0.15, -0.1) is 0 Å². The number of amides is 2. The predicted octanol–water partition coefficient (Wildman–Crippen LogP) is 2.73. The van der Waals surface area contributed by atoms with Crippen molar-refractivity contribution in [3.05, 3.63) is 24.3 Å². The molecule has 20 heavy (non-hydrogen) atoms. The summed E-state index contributed by atoms with van der Waals surface area (Å²) in [7, 11) is 0. The predicted molar refractivity (Wildman–Crippen MR) is 78.2 cm³/mol. The van der Waals surface area contributed by atoms with Crippen molar-refractivity contribution >= 4 is 11.7 Å². The number of nitrogens with one attached hydrogen (secondary N) is 1. The molecule has 0 bridgehead atoms. The number of morpholine rings is 1. The van der Waals surface area contributed by atoms with Crippen LogP contribution in [0.25, 0.3) is 0 Å². The number of urea groups is 1. The van der Waals surface area contributed by atoms with E-state index in [0.29, 0.717) is 26.3 Å². The lowest BCUT2D eigenvalue weighted by Crippen LogP contribution is -2.43. The summed E-state index contributed by atoms with van der Waals surface area (Å²) in [6.07, 6.45) is 1.12. The molecule has 5 nitrogen and oxygen atoms in total. The van der Waals surface area contributed by atoms with Crippen LogP contribution in [-0.2, 0) is 4.74 Å². The van der Waals surface area contributed by atoms with Crippen molar-refractivity contribution < 1.29 is 14.3 Å². The highest BCUT2D eigenvalue weighted by atomic mass is 16.5. The van der Waals surface area contributed by atoms with Crippen LogP contribution in [0.5, 0.6) is 5.75 Å². The zero-order valence-electron chi connectivity index (χ0n) is 12.1. The van der Waals surface area contributed by atoms with E-state index in [4.69, 9.17) is 9.47 Å². The summed E-state index contributed by atoms with van der Waals surface area (Å²) in [5.41, 5.74) is 0.752. The fourth-order valence-electron chi connectivity index (χ4n) is 1.93. The monoisotopic (exact) mass is 278 g/mol. The number of hydrogen-bond acceptors (Lipinski definition) is 3. The Hall–Kier alpha value is -1.75. The van der Waals surface area contributed by atoms with Crippen LogP contribution in [0.3, 0.4) is 0 Å². The van der Waals surface area contributed by atoms with Gasteiger partial charge < -0.3 is 19.7 Å². The average molecular weight is 278 g/mol. The van der Waals surface area contributed by atoms with Gasteiger partial charge in [-0.1, -0.05) is 13.0 Å². The van der Waals surface area contributed by atoms with Crippen LogP contribution < -0.4 is 10.1 Å². The second kappa shape index (κ2) is 7.14. The first-order valence-corrected chi connectivity index (χ1v) is 7.09. The lowest BCUT2D eigenvalue weighted by molar-refractivity contribution is 0.0564. The van der Waals surface area contributed by atoms with E-state index < -0.39 is 0 Å². The zero-order valence-corrected chi connectivity index (χ0v) is 12.1. The van der Waals surface area contributed by atoms with Gasteiger partial charge in [-0.2, -0.15) is 0 Å². The zero-order chi connectivity index (χ0) is 14.4. The molecular weight excluding hydrogens is 256 g/mol. The SMILES string of the molecule is CCC(C)Oc1cccc(NC(=O)N2CCOCC2)c1. The second-order valence-electron chi connectivity index (χ2n) is 4.89. The highest BCUT2D eigenvalue weighted by Crippen LogP contribution is 2.19. The third kappa shape index (κ3) is 4.13. The summed E-state index contributed by atoms with van der Waals surface area (Å²) in [5, 5.41) is 2.89. The van der Waals surface area contributed by atoms with Crippen LogP contribution in [0.15, 0.2) is 24.3 Å². The molecule has 2 rings (SSSR count). The van der Waals surface area contributed by atoms with Crippen molar-refractivity contribution in [3.8, 4) is 5.75 Å². The average Bonchev–Trinajstić information content (AvgIpc) is 2.48. The first kappa shape index (κ1) is 14.7. The molecule has 0 spiro atoms. The molecule has 2 amide bonds. The summed E-state index contributed by atoms with van der Waals surface area (Å²) in [6.45, 7) is 6.58. The Kier molecular flexibility index (Phi) is 5.24. The van der Waals surface area contributed by atoms with Gasteiger partial charge in [0.15, 0.2) is 0 Å². The molecule has 0 aliphatic carbocycles. The number of anilines is 1. The maximum absolute atomic E-state index is 12.1. The minimum atomic E-state index is -0.0889. The van der Waals surface area contributed by atoms with Crippen LogP contribution in [0.4, 0.5) is 10.5 Å². The standard InChI is InChI=1S/C15H22N2O3/c1-3-12(2)20-14-6-4-5-13(11-14)16-15(18)17-7-9-19-10-8-17/h4-6,11-12H,3,7-10H2,1-2H3,(H,16,18). The normalized spacial score (nSPS) is 16.6. The largest absolute Gasteiger partial charge is 0.491 e. The molecule has 1 unspecified atom stereocenters. The molecule has 1 aliphatic rings.